The van der Waals surface area contributed by atoms with Gasteiger partial charge in [0.1, 0.15) is 0 Å². The molecule has 1 aliphatic carbocycles. The van der Waals surface area contributed by atoms with Crippen molar-refractivity contribution in [3.63, 3.8) is 0 Å². The van der Waals surface area contributed by atoms with Crippen LogP contribution in [0, 0.1) is 17.2 Å². The molecule has 0 radical (unpaired) electrons. The Morgan fingerprint density at radius 3 is 2.95 bits per heavy atom. The van der Waals surface area contributed by atoms with Crippen LogP contribution in [0.15, 0.2) is 24.3 Å². The maximum Gasteiger partial charge on any atom is 0.252 e. The van der Waals surface area contributed by atoms with E-state index in [2.05, 4.69) is 5.32 Å². The lowest BCUT2D eigenvalue weighted by Gasteiger charge is -2.25. The third kappa shape index (κ3) is 3.55. The van der Waals surface area contributed by atoms with Crippen molar-refractivity contribution in [3.8, 4) is 6.07 Å². The van der Waals surface area contributed by atoms with Gasteiger partial charge in [0.15, 0.2) is 0 Å². The van der Waals surface area contributed by atoms with Gasteiger partial charge in [-0.3, -0.25) is 4.79 Å². The van der Waals surface area contributed by atoms with Crippen molar-refractivity contribution in [2.45, 2.75) is 31.8 Å². The Morgan fingerprint density at radius 2 is 2.21 bits per heavy atom. The van der Waals surface area contributed by atoms with E-state index >= 15 is 0 Å². The van der Waals surface area contributed by atoms with Crippen LogP contribution >= 0.6 is 0 Å². The van der Waals surface area contributed by atoms with Crippen molar-refractivity contribution < 1.29 is 9.90 Å². The van der Waals surface area contributed by atoms with E-state index < -0.39 is 0 Å². The molecule has 1 amide bonds. The van der Waals surface area contributed by atoms with E-state index in [-0.39, 0.29) is 12.0 Å². The van der Waals surface area contributed by atoms with Gasteiger partial charge in [-0.2, -0.15) is 5.26 Å². The molecule has 0 aliphatic heterocycles. The SMILES string of the molecule is N#Cc1ccccc1C(=O)NCC1CCCC(O)C1. The molecule has 1 fully saturated rings. The molecule has 1 aromatic carbocycles. The molecule has 0 bridgehead atoms. The highest BCUT2D eigenvalue weighted by molar-refractivity contribution is 5.96. The molecule has 2 atom stereocenters. The first-order valence-electron chi connectivity index (χ1n) is 6.66. The Morgan fingerprint density at radius 1 is 1.42 bits per heavy atom. The number of carbonyl (C=O) groups excluding carboxylic acids is 1. The second kappa shape index (κ2) is 6.35. The zero-order valence-electron chi connectivity index (χ0n) is 10.8. The topological polar surface area (TPSA) is 73.1 Å². The number of nitrogens with one attached hydrogen (secondary N) is 1. The summed E-state index contributed by atoms with van der Waals surface area (Å²) < 4.78 is 0. The third-order valence-electron chi connectivity index (χ3n) is 3.60. The number of amides is 1. The highest BCUT2D eigenvalue weighted by atomic mass is 16.3. The molecule has 1 aromatic rings. The Hall–Kier alpha value is -1.86. The van der Waals surface area contributed by atoms with E-state index in [4.69, 9.17) is 5.26 Å². The number of hydrogen-bond acceptors (Lipinski definition) is 3. The van der Waals surface area contributed by atoms with Gasteiger partial charge in [0.2, 0.25) is 0 Å². The minimum atomic E-state index is -0.234. The summed E-state index contributed by atoms with van der Waals surface area (Å²) in [6.45, 7) is 0.565. The summed E-state index contributed by atoms with van der Waals surface area (Å²) in [6.07, 6.45) is 3.43. The number of aliphatic hydroxyl groups is 1. The van der Waals surface area contributed by atoms with Gasteiger partial charge in [0, 0.05) is 6.54 Å². The quantitative estimate of drug-likeness (QED) is 0.868. The number of hydrogen-bond donors (Lipinski definition) is 2. The van der Waals surface area contributed by atoms with Crippen LogP contribution in [0.1, 0.15) is 41.6 Å². The van der Waals surface area contributed by atoms with Gasteiger partial charge < -0.3 is 10.4 Å². The van der Waals surface area contributed by atoms with Crippen molar-refractivity contribution in [1.29, 1.82) is 5.26 Å². The number of nitriles is 1. The van der Waals surface area contributed by atoms with E-state index in [1.807, 2.05) is 6.07 Å². The van der Waals surface area contributed by atoms with E-state index in [9.17, 15) is 9.90 Å². The molecule has 2 rings (SSSR count). The Balaban J connectivity index is 1.92. The summed E-state index contributed by atoms with van der Waals surface area (Å²) in [7, 11) is 0. The highest BCUT2D eigenvalue weighted by Gasteiger charge is 2.21. The lowest BCUT2D eigenvalue weighted by molar-refractivity contribution is 0.0873. The van der Waals surface area contributed by atoms with Gasteiger partial charge >= 0.3 is 0 Å². The number of aliphatic hydroxyl groups excluding tert-OH is 1. The van der Waals surface area contributed by atoms with Crippen molar-refractivity contribution in [2.24, 2.45) is 5.92 Å². The first-order valence-corrected chi connectivity index (χ1v) is 6.66. The summed E-state index contributed by atoms with van der Waals surface area (Å²) in [5.41, 5.74) is 0.810. The Labute approximate surface area is 113 Å². The van der Waals surface area contributed by atoms with Crippen LogP contribution in [-0.2, 0) is 0 Å². The van der Waals surface area contributed by atoms with E-state index in [0.717, 1.165) is 25.7 Å². The first kappa shape index (κ1) is 13.6. The molecular weight excluding hydrogens is 240 g/mol. The monoisotopic (exact) mass is 258 g/mol. The summed E-state index contributed by atoms with van der Waals surface area (Å²) in [4.78, 5) is 12.0. The molecule has 0 aromatic heterocycles. The Bertz CT molecular complexity index is 493. The van der Waals surface area contributed by atoms with Gasteiger partial charge in [-0.25, -0.2) is 0 Å². The molecule has 2 unspecified atom stereocenters. The summed E-state index contributed by atoms with van der Waals surface area (Å²) >= 11 is 0. The lowest BCUT2D eigenvalue weighted by atomic mass is 9.87. The molecule has 19 heavy (non-hydrogen) atoms. The first-order chi connectivity index (χ1) is 9.20. The molecule has 100 valence electrons. The largest absolute Gasteiger partial charge is 0.393 e. The van der Waals surface area contributed by atoms with Crippen LogP contribution in [0.4, 0.5) is 0 Å². The van der Waals surface area contributed by atoms with Gasteiger partial charge in [-0.15, -0.1) is 0 Å². The van der Waals surface area contributed by atoms with Crippen LogP contribution in [0.2, 0.25) is 0 Å². The van der Waals surface area contributed by atoms with Crippen LogP contribution in [0.5, 0.6) is 0 Å². The maximum absolute atomic E-state index is 12.0. The molecule has 4 heteroatoms. The smallest absolute Gasteiger partial charge is 0.252 e. The average Bonchev–Trinajstić information content (AvgIpc) is 2.45. The minimum absolute atomic E-state index is 0.211. The molecular formula is C15H18N2O2. The third-order valence-corrected chi connectivity index (χ3v) is 3.60. The zero-order chi connectivity index (χ0) is 13.7. The van der Waals surface area contributed by atoms with Gasteiger partial charge in [0.05, 0.1) is 23.3 Å². The summed E-state index contributed by atoms with van der Waals surface area (Å²) in [5.74, 6) is 0.124. The van der Waals surface area contributed by atoms with E-state index in [1.54, 1.807) is 24.3 Å². The average molecular weight is 258 g/mol. The minimum Gasteiger partial charge on any atom is -0.393 e. The molecule has 2 N–H and O–H groups in total. The van der Waals surface area contributed by atoms with Crippen LogP contribution in [-0.4, -0.2) is 23.7 Å². The molecule has 4 nitrogen and oxygen atoms in total. The Kier molecular flexibility index (Phi) is 4.53. The van der Waals surface area contributed by atoms with Crippen molar-refractivity contribution in [2.75, 3.05) is 6.54 Å². The van der Waals surface area contributed by atoms with Crippen molar-refractivity contribution >= 4 is 5.91 Å². The number of carbonyl (C=O) groups is 1. The second-order valence-electron chi connectivity index (χ2n) is 5.05. The lowest BCUT2D eigenvalue weighted by Crippen LogP contribution is -2.33. The molecule has 0 heterocycles. The number of nitrogens with zero attached hydrogens (tertiary/aromatic N) is 1. The van der Waals surface area contributed by atoms with Crippen molar-refractivity contribution in [3.05, 3.63) is 35.4 Å². The predicted molar refractivity (Wildman–Crippen MR) is 71.5 cm³/mol. The fraction of sp³-hybridized carbons (Fsp3) is 0.467. The van der Waals surface area contributed by atoms with E-state index in [0.29, 0.717) is 23.6 Å². The molecule has 0 saturated heterocycles. The highest BCUT2D eigenvalue weighted by Crippen LogP contribution is 2.23. The predicted octanol–water partition coefficient (Wildman–Crippen LogP) is 1.84. The van der Waals surface area contributed by atoms with Crippen LogP contribution in [0.3, 0.4) is 0 Å². The van der Waals surface area contributed by atoms with E-state index in [1.165, 1.54) is 0 Å². The molecule has 1 aliphatic rings. The molecule has 1 saturated carbocycles. The number of benzene rings is 1. The fourth-order valence-electron chi connectivity index (χ4n) is 2.56. The zero-order valence-corrected chi connectivity index (χ0v) is 10.8. The standard InChI is InChI=1S/C15H18N2O2/c16-9-12-5-1-2-7-14(12)15(19)17-10-11-4-3-6-13(18)8-11/h1-2,5,7,11,13,18H,3-4,6,8,10H2,(H,17,19). The fourth-order valence-corrected chi connectivity index (χ4v) is 2.56. The second-order valence-corrected chi connectivity index (χ2v) is 5.05. The van der Waals surface area contributed by atoms with Crippen LogP contribution < -0.4 is 5.32 Å². The van der Waals surface area contributed by atoms with Gasteiger partial charge in [-0.1, -0.05) is 18.6 Å². The number of rotatable bonds is 3. The molecule has 0 spiro atoms. The van der Waals surface area contributed by atoms with Gasteiger partial charge in [0.25, 0.3) is 5.91 Å². The maximum atomic E-state index is 12.0. The normalized spacial score (nSPS) is 22.5. The summed E-state index contributed by atoms with van der Waals surface area (Å²) in [6, 6.07) is 8.81. The van der Waals surface area contributed by atoms with Crippen molar-refractivity contribution in [1.82, 2.24) is 5.32 Å². The van der Waals surface area contributed by atoms with Gasteiger partial charge in [-0.05, 0) is 37.3 Å². The summed E-state index contributed by atoms with van der Waals surface area (Å²) in [5, 5.41) is 21.4. The van der Waals surface area contributed by atoms with Crippen LogP contribution in [0.25, 0.3) is 0 Å².